The molecule has 1 heterocycles. The summed E-state index contributed by atoms with van der Waals surface area (Å²) in [5.74, 6) is 0.176. The van der Waals surface area contributed by atoms with Gasteiger partial charge in [0.1, 0.15) is 9.84 Å². The standard InChI is InChI=1S/C10H16N2O2S/c1-11-9(6-8-15(2,13)14)10-5-3-4-7-12-10/h3-5,7,9,11H,6,8H2,1-2H3. The molecule has 0 aliphatic rings. The van der Waals surface area contributed by atoms with E-state index in [-0.39, 0.29) is 11.8 Å². The molecule has 1 atom stereocenters. The van der Waals surface area contributed by atoms with E-state index in [0.717, 1.165) is 5.69 Å². The molecule has 0 radical (unpaired) electrons. The van der Waals surface area contributed by atoms with Crippen LogP contribution < -0.4 is 5.32 Å². The second-order valence-electron chi connectivity index (χ2n) is 3.51. The fraction of sp³-hybridized carbons (Fsp3) is 0.500. The lowest BCUT2D eigenvalue weighted by Gasteiger charge is -2.14. The Morgan fingerprint density at radius 1 is 1.47 bits per heavy atom. The summed E-state index contributed by atoms with van der Waals surface area (Å²) in [7, 11) is -1.10. The molecule has 0 aliphatic heterocycles. The van der Waals surface area contributed by atoms with Crippen LogP contribution in [0.15, 0.2) is 24.4 Å². The zero-order chi connectivity index (χ0) is 11.3. The summed E-state index contributed by atoms with van der Waals surface area (Å²) < 4.78 is 22.1. The van der Waals surface area contributed by atoms with Gasteiger partial charge in [-0.05, 0) is 25.6 Å². The highest BCUT2D eigenvalue weighted by atomic mass is 32.2. The number of hydrogen-bond acceptors (Lipinski definition) is 4. The van der Waals surface area contributed by atoms with E-state index in [1.165, 1.54) is 6.26 Å². The van der Waals surface area contributed by atoms with Crippen LogP contribution in [0, 0.1) is 0 Å². The largest absolute Gasteiger partial charge is 0.312 e. The number of rotatable bonds is 5. The van der Waals surface area contributed by atoms with E-state index in [0.29, 0.717) is 6.42 Å². The predicted molar refractivity (Wildman–Crippen MR) is 60.4 cm³/mol. The minimum atomic E-state index is -2.91. The first-order chi connectivity index (χ1) is 7.03. The Labute approximate surface area is 90.7 Å². The molecule has 0 saturated heterocycles. The van der Waals surface area contributed by atoms with Gasteiger partial charge in [-0.1, -0.05) is 6.07 Å². The van der Waals surface area contributed by atoms with Gasteiger partial charge in [-0.3, -0.25) is 4.98 Å². The smallest absolute Gasteiger partial charge is 0.147 e. The molecular formula is C10H16N2O2S. The van der Waals surface area contributed by atoms with Crippen LogP contribution in [0.4, 0.5) is 0 Å². The van der Waals surface area contributed by atoms with E-state index in [2.05, 4.69) is 10.3 Å². The van der Waals surface area contributed by atoms with Gasteiger partial charge in [0.15, 0.2) is 0 Å². The van der Waals surface area contributed by atoms with E-state index >= 15 is 0 Å². The van der Waals surface area contributed by atoms with Gasteiger partial charge in [0, 0.05) is 12.5 Å². The van der Waals surface area contributed by atoms with E-state index in [4.69, 9.17) is 0 Å². The summed E-state index contributed by atoms with van der Waals surface area (Å²) in [6.07, 6.45) is 3.50. The van der Waals surface area contributed by atoms with Crippen molar-refractivity contribution in [2.45, 2.75) is 12.5 Å². The van der Waals surface area contributed by atoms with E-state index < -0.39 is 9.84 Å². The first-order valence-electron chi connectivity index (χ1n) is 4.79. The lowest BCUT2D eigenvalue weighted by atomic mass is 10.1. The summed E-state index contributed by atoms with van der Waals surface area (Å²) in [5.41, 5.74) is 0.878. The molecule has 1 rings (SSSR count). The zero-order valence-corrected chi connectivity index (χ0v) is 9.79. The molecule has 0 amide bonds. The van der Waals surface area contributed by atoms with Crippen molar-refractivity contribution < 1.29 is 8.42 Å². The van der Waals surface area contributed by atoms with Crippen molar-refractivity contribution in [3.63, 3.8) is 0 Å². The highest BCUT2D eigenvalue weighted by Gasteiger charge is 2.12. The fourth-order valence-electron chi connectivity index (χ4n) is 1.35. The maximum Gasteiger partial charge on any atom is 0.147 e. The molecule has 15 heavy (non-hydrogen) atoms. The van der Waals surface area contributed by atoms with E-state index in [1.807, 2.05) is 25.2 Å². The van der Waals surface area contributed by atoms with Gasteiger partial charge in [-0.15, -0.1) is 0 Å². The van der Waals surface area contributed by atoms with Crippen molar-refractivity contribution in [2.75, 3.05) is 19.1 Å². The Morgan fingerprint density at radius 3 is 2.67 bits per heavy atom. The van der Waals surface area contributed by atoms with E-state index in [9.17, 15) is 8.42 Å². The van der Waals surface area contributed by atoms with Crippen molar-refractivity contribution in [1.82, 2.24) is 10.3 Å². The zero-order valence-electron chi connectivity index (χ0n) is 8.97. The van der Waals surface area contributed by atoms with Gasteiger partial charge < -0.3 is 5.32 Å². The summed E-state index contributed by atoms with van der Waals surface area (Å²) in [5, 5.41) is 3.06. The summed E-state index contributed by atoms with van der Waals surface area (Å²) >= 11 is 0. The third-order valence-electron chi connectivity index (χ3n) is 2.17. The van der Waals surface area contributed by atoms with Gasteiger partial charge in [-0.25, -0.2) is 8.42 Å². The second-order valence-corrected chi connectivity index (χ2v) is 5.77. The van der Waals surface area contributed by atoms with Gasteiger partial charge in [0.25, 0.3) is 0 Å². The number of nitrogens with one attached hydrogen (secondary N) is 1. The molecular weight excluding hydrogens is 212 g/mol. The minimum absolute atomic E-state index is 0.000856. The molecule has 1 aromatic rings. The number of pyridine rings is 1. The van der Waals surface area contributed by atoms with Crippen LogP contribution in [0.25, 0.3) is 0 Å². The predicted octanol–water partition coefficient (Wildman–Crippen LogP) is 0.777. The van der Waals surface area contributed by atoms with Crippen LogP contribution in [0.3, 0.4) is 0 Å². The van der Waals surface area contributed by atoms with Crippen LogP contribution in [0.2, 0.25) is 0 Å². The first-order valence-corrected chi connectivity index (χ1v) is 6.85. The summed E-state index contributed by atoms with van der Waals surface area (Å²) in [6, 6.07) is 5.63. The van der Waals surface area contributed by atoms with Crippen molar-refractivity contribution in [1.29, 1.82) is 0 Å². The lowest BCUT2D eigenvalue weighted by molar-refractivity contribution is 0.548. The molecule has 0 aromatic carbocycles. The highest BCUT2D eigenvalue weighted by molar-refractivity contribution is 7.90. The number of nitrogens with zero attached hydrogens (tertiary/aromatic N) is 1. The minimum Gasteiger partial charge on any atom is -0.312 e. The van der Waals surface area contributed by atoms with Crippen molar-refractivity contribution >= 4 is 9.84 Å². The SMILES string of the molecule is CNC(CCS(C)(=O)=O)c1ccccn1. The van der Waals surface area contributed by atoms with Gasteiger partial charge in [0.05, 0.1) is 17.5 Å². The Hall–Kier alpha value is -0.940. The first kappa shape index (κ1) is 12.1. The molecule has 0 aliphatic carbocycles. The Bertz CT molecular complexity index is 389. The van der Waals surface area contributed by atoms with Gasteiger partial charge in [-0.2, -0.15) is 0 Å². The summed E-state index contributed by atoms with van der Waals surface area (Å²) in [6.45, 7) is 0. The maximum atomic E-state index is 11.0. The molecule has 84 valence electrons. The van der Waals surface area contributed by atoms with Crippen molar-refractivity contribution in [3.05, 3.63) is 30.1 Å². The number of aromatic nitrogens is 1. The summed E-state index contributed by atoms with van der Waals surface area (Å²) in [4.78, 5) is 4.19. The van der Waals surface area contributed by atoms with Crippen molar-refractivity contribution in [3.8, 4) is 0 Å². The number of sulfone groups is 1. The highest BCUT2D eigenvalue weighted by Crippen LogP contribution is 2.13. The monoisotopic (exact) mass is 228 g/mol. The van der Waals surface area contributed by atoms with Crippen LogP contribution in [-0.4, -0.2) is 32.5 Å². The normalized spacial score (nSPS) is 13.7. The van der Waals surface area contributed by atoms with Crippen molar-refractivity contribution in [2.24, 2.45) is 0 Å². The molecule has 1 unspecified atom stereocenters. The van der Waals surface area contributed by atoms with Crippen LogP contribution in [-0.2, 0) is 9.84 Å². The molecule has 0 saturated carbocycles. The molecule has 0 fully saturated rings. The Balaban J connectivity index is 2.66. The Kier molecular flexibility index (Phi) is 4.23. The van der Waals surface area contributed by atoms with Crippen LogP contribution >= 0.6 is 0 Å². The molecule has 5 heteroatoms. The average Bonchev–Trinajstić information content (AvgIpc) is 2.19. The van der Waals surface area contributed by atoms with Gasteiger partial charge in [0.2, 0.25) is 0 Å². The van der Waals surface area contributed by atoms with Crippen LogP contribution in [0.5, 0.6) is 0 Å². The topological polar surface area (TPSA) is 59.1 Å². The Morgan fingerprint density at radius 2 is 2.20 bits per heavy atom. The van der Waals surface area contributed by atoms with E-state index in [1.54, 1.807) is 6.20 Å². The quantitative estimate of drug-likeness (QED) is 0.809. The van der Waals surface area contributed by atoms with Gasteiger partial charge >= 0.3 is 0 Å². The average molecular weight is 228 g/mol. The fourth-order valence-corrected chi connectivity index (χ4v) is 2.02. The molecule has 1 N–H and O–H groups in total. The maximum absolute atomic E-state index is 11.0. The lowest BCUT2D eigenvalue weighted by Crippen LogP contribution is -2.20. The molecule has 1 aromatic heterocycles. The molecule has 4 nitrogen and oxygen atoms in total. The third kappa shape index (κ3) is 4.40. The second kappa shape index (κ2) is 5.23. The molecule has 0 spiro atoms. The third-order valence-corrected chi connectivity index (χ3v) is 3.15. The number of hydrogen-bond donors (Lipinski definition) is 1. The molecule has 0 bridgehead atoms. The van der Waals surface area contributed by atoms with Crippen LogP contribution in [0.1, 0.15) is 18.2 Å².